The molecule has 0 radical (unpaired) electrons. The van der Waals surface area contributed by atoms with Crippen LogP contribution in [0.3, 0.4) is 0 Å². The van der Waals surface area contributed by atoms with E-state index in [-0.39, 0.29) is 10.9 Å². The Morgan fingerprint density at radius 1 is 1.35 bits per heavy atom. The Morgan fingerprint density at radius 3 is 2.82 bits per heavy atom. The van der Waals surface area contributed by atoms with E-state index in [0.717, 1.165) is 5.56 Å². The van der Waals surface area contributed by atoms with Crippen LogP contribution in [0, 0.1) is 12.7 Å². The molecule has 0 bridgehead atoms. The van der Waals surface area contributed by atoms with Gasteiger partial charge in [-0.15, -0.1) is 0 Å². The summed E-state index contributed by atoms with van der Waals surface area (Å²) in [5, 5.41) is 0.0440. The second-order valence-electron chi connectivity index (χ2n) is 3.52. The Kier molecular flexibility index (Phi) is 3.15. The molecule has 0 aliphatic heterocycles. The predicted octanol–water partition coefficient (Wildman–Crippen LogP) is 3.56. The Labute approximate surface area is 103 Å². The Bertz CT molecular complexity index is 560. The van der Waals surface area contributed by atoms with Crippen LogP contribution >= 0.6 is 11.6 Å². The molecule has 1 aromatic heterocycles. The smallest absolute Gasteiger partial charge is 0.242 e. The molecule has 0 aliphatic rings. The zero-order chi connectivity index (χ0) is 12.4. The highest BCUT2D eigenvalue weighted by molar-refractivity contribution is 6.30. The second kappa shape index (κ2) is 4.59. The number of pyridine rings is 1. The van der Waals surface area contributed by atoms with Crippen molar-refractivity contribution in [3.05, 3.63) is 46.9 Å². The van der Waals surface area contributed by atoms with E-state index < -0.39 is 5.82 Å². The summed E-state index contributed by atoms with van der Waals surface area (Å²) in [4.78, 5) is 3.98. The van der Waals surface area contributed by atoms with Crippen LogP contribution in [-0.2, 0) is 0 Å². The fourth-order valence-corrected chi connectivity index (χ4v) is 1.40. The monoisotopic (exact) mass is 252 g/mol. The minimum Gasteiger partial charge on any atom is -0.437 e. The molecule has 0 amide bonds. The zero-order valence-electron chi connectivity index (χ0n) is 9.08. The molecule has 2 N–H and O–H groups in total. The first-order chi connectivity index (χ1) is 8.08. The number of benzene rings is 1. The lowest BCUT2D eigenvalue weighted by molar-refractivity contribution is 0.460. The lowest BCUT2D eigenvalue weighted by atomic mass is 10.2. The number of aryl methyl sites for hydroxylation is 1. The van der Waals surface area contributed by atoms with E-state index in [4.69, 9.17) is 22.1 Å². The molecule has 0 spiro atoms. The fourth-order valence-electron chi connectivity index (χ4n) is 1.28. The first-order valence-corrected chi connectivity index (χ1v) is 5.29. The van der Waals surface area contributed by atoms with Crippen molar-refractivity contribution >= 4 is 17.3 Å². The molecule has 2 rings (SSSR count). The van der Waals surface area contributed by atoms with Gasteiger partial charge < -0.3 is 10.5 Å². The van der Waals surface area contributed by atoms with Crippen LogP contribution in [-0.4, -0.2) is 4.98 Å². The number of nitrogen functional groups attached to an aromatic ring is 1. The van der Waals surface area contributed by atoms with Gasteiger partial charge in [0, 0.05) is 12.3 Å². The quantitative estimate of drug-likeness (QED) is 0.889. The third-order valence-electron chi connectivity index (χ3n) is 2.28. The topological polar surface area (TPSA) is 48.1 Å². The number of halogens is 2. The normalized spacial score (nSPS) is 10.3. The van der Waals surface area contributed by atoms with E-state index >= 15 is 0 Å². The maximum Gasteiger partial charge on any atom is 0.242 e. The van der Waals surface area contributed by atoms with Gasteiger partial charge in [0.1, 0.15) is 11.6 Å². The number of rotatable bonds is 2. The molecule has 0 saturated carbocycles. The number of anilines is 1. The van der Waals surface area contributed by atoms with Crippen LogP contribution in [0.25, 0.3) is 0 Å². The molecule has 0 fully saturated rings. The molecule has 0 saturated heterocycles. The predicted molar refractivity (Wildman–Crippen MR) is 64.9 cm³/mol. The van der Waals surface area contributed by atoms with Crippen molar-refractivity contribution < 1.29 is 9.13 Å². The first-order valence-electron chi connectivity index (χ1n) is 4.92. The standard InChI is InChI=1S/C12H10ClFN2O/c1-7-4-5-16-12(11(7)15)17-8-2-3-9(13)10(14)6-8/h2-6H,15H2,1H3. The number of ether oxygens (including phenoxy) is 1. The van der Waals surface area contributed by atoms with Crippen LogP contribution in [0.2, 0.25) is 5.02 Å². The highest BCUT2D eigenvalue weighted by Crippen LogP contribution is 2.28. The van der Waals surface area contributed by atoms with Gasteiger partial charge in [-0.2, -0.15) is 0 Å². The largest absolute Gasteiger partial charge is 0.437 e. The minimum atomic E-state index is -0.546. The maximum absolute atomic E-state index is 13.2. The molecular formula is C12H10ClFN2O. The Morgan fingerprint density at radius 2 is 2.12 bits per heavy atom. The minimum absolute atomic E-state index is 0.0440. The summed E-state index contributed by atoms with van der Waals surface area (Å²) in [6.45, 7) is 1.84. The van der Waals surface area contributed by atoms with Crippen molar-refractivity contribution in [3.63, 3.8) is 0 Å². The van der Waals surface area contributed by atoms with Crippen molar-refractivity contribution in [1.82, 2.24) is 4.98 Å². The number of nitrogens with two attached hydrogens (primary N) is 1. The molecule has 5 heteroatoms. The van der Waals surface area contributed by atoms with Gasteiger partial charge in [-0.3, -0.25) is 0 Å². The van der Waals surface area contributed by atoms with E-state index in [0.29, 0.717) is 11.4 Å². The first kappa shape index (κ1) is 11.7. The van der Waals surface area contributed by atoms with Crippen molar-refractivity contribution in [2.75, 3.05) is 5.73 Å². The van der Waals surface area contributed by atoms with E-state index in [1.54, 1.807) is 18.3 Å². The van der Waals surface area contributed by atoms with E-state index in [1.807, 2.05) is 6.92 Å². The summed E-state index contributed by atoms with van der Waals surface area (Å²) in [5.41, 5.74) is 7.08. The molecule has 0 unspecified atom stereocenters. The molecule has 0 aliphatic carbocycles. The molecule has 1 heterocycles. The Hall–Kier alpha value is -1.81. The number of nitrogens with zero attached hydrogens (tertiary/aromatic N) is 1. The molecule has 88 valence electrons. The van der Waals surface area contributed by atoms with Crippen LogP contribution in [0.5, 0.6) is 11.6 Å². The number of hydrogen-bond donors (Lipinski definition) is 1. The Balaban J connectivity index is 2.31. The second-order valence-corrected chi connectivity index (χ2v) is 3.93. The summed E-state index contributed by atoms with van der Waals surface area (Å²) in [7, 11) is 0. The molecule has 1 aromatic carbocycles. The summed E-state index contributed by atoms with van der Waals surface area (Å²) in [6.07, 6.45) is 1.58. The lowest BCUT2D eigenvalue weighted by Gasteiger charge is -2.08. The highest BCUT2D eigenvalue weighted by atomic mass is 35.5. The van der Waals surface area contributed by atoms with E-state index in [2.05, 4.69) is 4.98 Å². The summed E-state index contributed by atoms with van der Waals surface area (Å²) in [5.74, 6) is 0.0128. The molecule has 0 atom stereocenters. The van der Waals surface area contributed by atoms with Crippen LogP contribution < -0.4 is 10.5 Å². The third-order valence-corrected chi connectivity index (χ3v) is 2.58. The van der Waals surface area contributed by atoms with Crippen LogP contribution in [0.4, 0.5) is 10.1 Å². The van der Waals surface area contributed by atoms with Gasteiger partial charge in [0.15, 0.2) is 0 Å². The van der Waals surface area contributed by atoms with Gasteiger partial charge in [0.05, 0.1) is 10.7 Å². The van der Waals surface area contributed by atoms with E-state index in [1.165, 1.54) is 12.1 Å². The average Bonchev–Trinajstić information content (AvgIpc) is 2.30. The van der Waals surface area contributed by atoms with Gasteiger partial charge in [0.2, 0.25) is 5.88 Å². The van der Waals surface area contributed by atoms with Crippen molar-refractivity contribution in [3.8, 4) is 11.6 Å². The molecule has 3 nitrogen and oxygen atoms in total. The third kappa shape index (κ3) is 2.47. The van der Waals surface area contributed by atoms with E-state index in [9.17, 15) is 4.39 Å². The SMILES string of the molecule is Cc1ccnc(Oc2ccc(Cl)c(F)c2)c1N. The van der Waals surface area contributed by atoms with Crippen molar-refractivity contribution in [2.45, 2.75) is 6.92 Å². The lowest BCUT2D eigenvalue weighted by Crippen LogP contribution is -1.97. The summed E-state index contributed by atoms with van der Waals surface area (Å²) in [6, 6.07) is 5.92. The average molecular weight is 253 g/mol. The van der Waals surface area contributed by atoms with Gasteiger partial charge >= 0.3 is 0 Å². The van der Waals surface area contributed by atoms with Crippen LogP contribution in [0.1, 0.15) is 5.56 Å². The van der Waals surface area contributed by atoms with Gasteiger partial charge in [-0.25, -0.2) is 9.37 Å². The van der Waals surface area contributed by atoms with Gasteiger partial charge in [0.25, 0.3) is 0 Å². The fraction of sp³-hybridized carbons (Fsp3) is 0.0833. The summed E-state index contributed by atoms with van der Waals surface area (Å²) < 4.78 is 18.6. The van der Waals surface area contributed by atoms with Gasteiger partial charge in [-0.05, 0) is 30.7 Å². The summed E-state index contributed by atoms with van der Waals surface area (Å²) >= 11 is 5.57. The van der Waals surface area contributed by atoms with Gasteiger partial charge in [-0.1, -0.05) is 11.6 Å². The molecular weight excluding hydrogens is 243 g/mol. The van der Waals surface area contributed by atoms with Crippen LogP contribution in [0.15, 0.2) is 30.5 Å². The zero-order valence-corrected chi connectivity index (χ0v) is 9.83. The van der Waals surface area contributed by atoms with Crippen molar-refractivity contribution in [2.24, 2.45) is 0 Å². The molecule has 2 aromatic rings. The maximum atomic E-state index is 13.2. The number of hydrogen-bond acceptors (Lipinski definition) is 3. The molecule has 17 heavy (non-hydrogen) atoms. The number of aromatic nitrogens is 1. The van der Waals surface area contributed by atoms with Crippen molar-refractivity contribution in [1.29, 1.82) is 0 Å². The highest BCUT2D eigenvalue weighted by Gasteiger charge is 2.07.